The van der Waals surface area contributed by atoms with Crippen LogP contribution in [0.5, 0.6) is 0 Å². The number of carbonyl (C=O) groups excluding carboxylic acids is 1. The molecule has 0 bridgehead atoms. The van der Waals surface area contributed by atoms with Crippen molar-refractivity contribution in [3.8, 4) is 0 Å². The summed E-state index contributed by atoms with van der Waals surface area (Å²) in [5.41, 5.74) is 0. The van der Waals surface area contributed by atoms with Crippen LogP contribution in [-0.4, -0.2) is 63.7 Å². The number of methoxy groups -OCH3 is 1. The number of aliphatic hydroxyl groups is 1. The first-order chi connectivity index (χ1) is 9.22. The summed E-state index contributed by atoms with van der Waals surface area (Å²) in [6, 6.07) is 0. The summed E-state index contributed by atoms with van der Waals surface area (Å²) in [6.45, 7) is 3.19. The number of rotatable bonds is 12. The molecule has 0 aromatic rings. The molecule has 1 atom stereocenters. The van der Waals surface area contributed by atoms with E-state index < -0.39 is 6.10 Å². The Morgan fingerprint density at radius 1 is 1.42 bits per heavy atom. The summed E-state index contributed by atoms with van der Waals surface area (Å²) >= 11 is 0. The number of nitrogens with one attached hydrogen (secondary N) is 2. The molecule has 6 heteroatoms. The van der Waals surface area contributed by atoms with E-state index in [-0.39, 0.29) is 5.91 Å². The van der Waals surface area contributed by atoms with Gasteiger partial charge in [0.1, 0.15) is 0 Å². The zero-order chi connectivity index (χ0) is 13.9. The van der Waals surface area contributed by atoms with Crippen molar-refractivity contribution in [3.63, 3.8) is 0 Å². The molecule has 1 aliphatic carbocycles. The summed E-state index contributed by atoms with van der Waals surface area (Å²) in [5, 5.41) is 15.4. The van der Waals surface area contributed by atoms with Gasteiger partial charge in [-0.15, -0.1) is 0 Å². The standard InChI is InChI=1S/C13H26N2O4/c1-18-7-6-15-13(17)4-5-14-8-12(16)10-19-9-11-2-3-11/h11-12,14,16H,2-10H2,1H3,(H,15,17). The fourth-order valence-corrected chi connectivity index (χ4v) is 1.57. The molecular formula is C13H26N2O4. The first-order valence-electron chi connectivity index (χ1n) is 6.94. The van der Waals surface area contributed by atoms with E-state index in [1.54, 1.807) is 7.11 Å². The molecule has 1 unspecified atom stereocenters. The van der Waals surface area contributed by atoms with E-state index in [1.807, 2.05) is 0 Å². The van der Waals surface area contributed by atoms with Gasteiger partial charge in [-0.1, -0.05) is 0 Å². The van der Waals surface area contributed by atoms with Crippen LogP contribution in [0.4, 0.5) is 0 Å². The summed E-state index contributed by atoms with van der Waals surface area (Å²) < 4.78 is 10.2. The third kappa shape index (κ3) is 9.84. The predicted molar refractivity (Wildman–Crippen MR) is 71.9 cm³/mol. The quantitative estimate of drug-likeness (QED) is 0.419. The van der Waals surface area contributed by atoms with Crippen LogP contribution in [0.25, 0.3) is 0 Å². The van der Waals surface area contributed by atoms with E-state index in [1.165, 1.54) is 12.8 Å². The molecule has 0 saturated heterocycles. The van der Waals surface area contributed by atoms with Gasteiger partial charge in [0.05, 0.1) is 19.3 Å². The Hall–Kier alpha value is -0.690. The van der Waals surface area contributed by atoms with Crippen molar-refractivity contribution in [2.75, 3.05) is 46.6 Å². The molecule has 112 valence electrons. The van der Waals surface area contributed by atoms with Crippen molar-refractivity contribution in [2.45, 2.75) is 25.4 Å². The maximum absolute atomic E-state index is 11.3. The smallest absolute Gasteiger partial charge is 0.221 e. The Bertz CT molecular complexity index is 247. The second-order valence-electron chi connectivity index (χ2n) is 4.93. The van der Waals surface area contributed by atoms with Crippen LogP contribution in [0.15, 0.2) is 0 Å². The van der Waals surface area contributed by atoms with Gasteiger partial charge < -0.3 is 25.2 Å². The summed E-state index contributed by atoms with van der Waals surface area (Å²) in [6.07, 6.45) is 2.41. The van der Waals surface area contributed by atoms with Gasteiger partial charge in [0.2, 0.25) is 5.91 Å². The molecule has 19 heavy (non-hydrogen) atoms. The molecule has 3 N–H and O–H groups in total. The van der Waals surface area contributed by atoms with Gasteiger partial charge in [-0.05, 0) is 18.8 Å². The number of hydrogen-bond acceptors (Lipinski definition) is 5. The van der Waals surface area contributed by atoms with E-state index in [0.717, 1.165) is 12.5 Å². The molecule has 0 aromatic carbocycles. The SMILES string of the molecule is COCCNC(=O)CCNCC(O)COCC1CC1. The molecule has 1 aliphatic rings. The van der Waals surface area contributed by atoms with Crippen LogP contribution in [0, 0.1) is 5.92 Å². The second kappa shape index (κ2) is 10.1. The number of hydrogen-bond donors (Lipinski definition) is 3. The van der Waals surface area contributed by atoms with Gasteiger partial charge in [0, 0.05) is 39.8 Å². The zero-order valence-electron chi connectivity index (χ0n) is 11.7. The Kier molecular flexibility index (Phi) is 8.73. The average molecular weight is 274 g/mol. The topological polar surface area (TPSA) is 79.8 Å². The summed E-state index contributed by atoms with van der Waals surface area (Å²) in [5.74, 6) is 0.708. The zero-order valence-corrected chi connectivity index (χ0v) is 11.7. The van der Waals surface area contributed by atoms with Crippen LogP contribution in [0.2, 0.25) is 0 Å². The minimum atomic E-state index is -0.504. The van der Waals surface area contributed by atoms with Gasteiger partial charge in [-0.3, -0.25) is 4.79 Å². The van der Waals surface area contributed by atoms with E-state index in [9.17, 15) is 9.90 Å². The fraction of sp³-hybridized carbons (Fsp3) is 0.923. The monoisotopic (exact) mass is 274 g/mol. The Balaban J connectivity index is 1.83. The van der Waals surface area contributed by atoms with Gasteiger partial charge in [-0.25, -0.2) is 0 Å². The summed E-state index contributed by atoms with van der Waals surface area (Å²) in [7, 11) is 1.60. The van der Waals surface area contributed by atoms with Crippen molar-refractivity contribution < 1.29 is 19.4 Å². The lowest BCUT2D eigenvalue weighted by Crippen LogP contribution is -2.34. The molecule has 0 spiro atoms. The first-order valence-corrected chi connectivity index (χ1v) is 6.94. The van der Waals surface area contributed by atoms with Crippen LogP contribution in [0.3, 0.4) is 0 Å². The number of carbonyl (C=O) groups is 1. The molecular weight excluding hydrogens is 248 g/mol. The summed E-state index contributed by atoms with van der Waals surface area (Å²) in [4.78, 5) is 11.3. The lowest BCUT2D eigenvalue weighted by molar-refractivity contribution is -0.121. The normalized spacial score (nSPS) is 16.3. The van der Waals surface area contributed by atoms with Crippen LogP contribution >= 0.6 is 0 Å². The van der Waals surface area contributed by atoms with Crippen molar-refractivity contribution >= 4 is 5.91 Å². The number of aliphatic hydroxyl groups excluding tert-OH is 1. The lowest BCUT2D eigenvalue weighted by Gasteiger charge is -2.12. The fourth-order valence-electron chi connectivity index (χ4n) is 1.57. The van der Waals surface area contributed by atoms with Crippen LogP contribution in [-0.2, 0) is 14.3 Å². The largest absolute Gasteiger partial charge is 0.389 e. The Morgan fingerprint density at radius 2 is 2.21 bits per heavy atom. The maximum Gasteiger partial charge on any atom is 0.221 e. The maximum atomic E-state index is 11.3. The highest BCUT2D eigenvalue weighted by molar-refractivity contribution is 5.75. The highest BCUT2D eigenvalue weighted by atomic mass is 16.5. The minimum Gasteiger partial charge on any atom is -0.389 e. The lowest BCUT2D eigenvalue weighted by atomic mass is 10.3. The van der Waals surface area contributed by atoms with E-state index >= 15 is 0 Å². The van der Waals surface area contributed by atoms with Gasteiger partial charge >= 0.3 is 0 Å². The molecule has 6 nitrogen and oxygen atoms in total. The molecule has 1 fully saturated rings. The first kappa shape index (κ1) is 16.4. The molecule has 1 amide bonds. The van der Waals surface area contributed by atoms with Gasteiger partial charge in [0.15, 0.2) is 0 Å². The third-order valence-corrected chi connectivity index (χ3v) is 2.90. The molecule has 0 aromatic heterocycles. The van der Waals surface area contributed by atoms with Crippen molar-refractivity contribution in [2.24, 2.45) is 5.92 Å². The van der Waals surface area contributed by atoms with Crippen LogP contribution in [0.1, 0.15) is 19.3 Å². The highest BCUT2D eigenvalue weighted by Gasteiger charge is 2.21. The van der Waals surface area contributed by atoms with E-state index in [2.05, 4.69) is 10.6 Å². The number of ether oxygens (including phenoxy) is 2. The Morgan fingerprint density at radius 3 is 2.89 bits per heavy atom. The van der Waals surface area contributed by atoms with Gasteiger partial charge in [0.25, 0.3) is 0 Å². The number of amides is 1. The van der Waals surface area contributed by atoms with Crippen molar-refractivity contribution in [1.29, 1.82) is 0 Å². The van der Waals surface area contributed by atoms with E-state index in [4.69, 9.17) is 9.47 Å². The van der Waals surface area contributed by atoms with Crippen LogP contribution < -0.4 is 10.6 Å². The molecule has 0 heterocycles. The average Bonchev–Trinajstić information content (AvgIpc) is 3.19. The molecule has 0 aliphatic heterocycles. The van der Waals surface area contributed by atoms with Crippen molar-refractivity contribution in [1.82, 2.24) is 10.6 Å². The third-order valence-electron chi connectivity index (χ3n) is 2.90. The highest BCUT2D eigenvalue weighted by Crippen LogP contribution is 2.28. The minimum absolute atomic E-state index is 0.0102. The second-order valence-corrected chi connectivity index (χ2v) is 4.93. The van der Waals surface area contributed by atoms with E-state index in [0.29, 0.717) is 39.3 Å². The Labute approximate surface area is 114 Å². The molecule has 0 radical (unpaired) electrons. The molecule has 1 saturated carbocycles. The van der Waals surface area contributed by atoms with Gasteiger partial charge in [-0.2, -0.15) is 0 Å². The molecule has 1 rings (SSSR count). The predicted octanol–water partition coefficient (Wildman–Crippen LogP) is -0.484. The van der Waals surface area contributed by atoms with Crippen molar-refractivity contribution in [3.05, 3.63) is 0 Å².